The predicted octanol–water partition coefficient (Wildman–Crippen LogP) is 4.74. The molecule has 0 unspecified atom stereocenters. The van der Waals surface area contributed by atoms with Gasteiger partial charge in [-0.2, -0.15) is 0 Å². The van der Waals surface area contributed by atoms with E-state index >= 15 is 0 Å². The smallest absolute Gasteiger partial charge is 0.124 e. The SMILES string of the molecule is COc1ccc2nc(CCl)n(CCc3ccc(Cl)s3)c2c1. The van der Waals surface area contributed by atoms with Crippen LogP contribution in [0.2, 0.25) is 4.34 Å². The van der Waals surface area contributed by atoms with Crippen LogP contribution in [-0.4, -0.2) is 16.7 Å². The maximum absolute atomic E-state index is 6.03. The van der Waals surface area contributed by atoms with E-state index in [-0.39, 0.29) is 0 Å². The van der Waals surface area contributed by atoms with Crippen LogP contribution in [0.1, 0.15) is 10.7 Å². The zero-order chi connectivity index (χ0) is 14.8. The lowest BCUT2D eigenvalue weighted by Crippen LogP contribution is -2.04. The molecule has 2 aromatic heterocycles. The number of methoxy groups -OCH3 is 1. The number of fused-ring (bicyclic) bond motifs is 1. The zero-order valence-electron chi connectivity index (χ0n) is 11.5. The summed E-state index contributed by atoms with van der Waals surface area (Å²) < 4.78 is 8.27. The zero-order valence-corrected chi connectivity index (χ0v) is 13.8. The van der Waals surface area contributed by atoms with Crippen LogP contribution in [-0.2, 0) is 18.8 Å². The average molecular weight is 341 g/mol. The van der Waals surface area contributed by atoms with Crippen molar-refractivity contribution in [3.8, 4) is 5.75 Å². The van der Waals surface area contributed by atoms with Crippen molar-refractivity contribution in [1.82, 2.24) is 9.55 Å². The Hall–Kier alpha value is -1.23. The van der Waals surface area contributed by atoms with E-state index in [1.807, 2.05) is 24.3 Å². The first-order chi connectivity index (χ1) is 10.2. The van der Waals surface area contributed by atoms with Gasteiger partial charge in [0, 0.05) is 17.5 Å². The Labute approximate surface area is 137 Å². The number of hydrogen-bond acceptors (Lipinski definition) is 3. The van der Waals surface area contributed by atoms with Crippen LogP contribution < -0.4 is 4.74 Å². The summed E-state index contributed by atoms with van der Waals surface area (Å²) in [4.78, 5) is 5.83. The van der Waals surface area contributed by atoms with Gasteiger partial charge in [0.05, 0.1) is 28.4 Å². The molecule has 0 aliphatic heterocycles. The Morgan fingerprint density at radius 2 is 2.14 bits per heavy atom. The maximum Gasteiger partial charge on any atom is 0.124 e. The van der Waals surface area contributed by atoms with Crippen LogP contribution >= 0.6 is 34.5 Å². The summed E-state index contributed by atoms with van der Waals surface area (Å²) in [5, 5.41) is 0. The number of nitrogens with zero attached hydrogens (tertiary/aromatic N) is 2. The van der Waals surface area contributed by atoms with Crippen molar-refractivity contribution in [3.63, 3.8) is 0 Å². The predicted molar refractivity (Wildman–Crippen MR) is 88.9 cm³/mol. The Kier molecular flexibility index (Phi) is 4.38. The number of alkyl halides is 1. The number of aryl methyl sites for hydroxylation is 2. The molecular formula is C15H14Cl2N2OS. The monoisotopic (exact) mass is 340 g/mol. The van der Waals surface area contributed by atoms with E-state index < -0.39 is 0 Å². The van der Waals surface area contributed by atoms with E-state index in [0.717, 1.165) is 39.9 Å². The van der Waals surface area contributed by atoms with Gasteiger partial charge in [0.2, 0.25) is 0 Å². The summed E-state index contributed by atoms with van der Waals surface area (Å²) in [6.45, 7) is 0.822. The fourth-order valence-electron chi connectivity index (χ4n) is 2.34. The van der Waals surface area contributed by atoms with E-state index in [4.69, 9.17) is 27.9 Å². The summed E-state index contributed by atoms with van der Waals surface area (Å²) >= 11 is 13.6. The van der Waals surface area contributed by atoms with Gasteiger partial charge in [-0.05, 0) is 30.7 Å². The molecule has 0 radical (unpaired) electrons. The number of imidazole rings is 1. The van der Waals surface area contributed by atoms with Crippen molar-refractivity contribution in [3.05, 3.63) is 45.4 Å². The highest BCUT2D eigenvalue weighted by molar-refractivity contribution is 7.16. The molecule has 2 heterocycles. The molecule has 0 spiro atoms. The third-order valence-electron chi connectivity index (χ3n) is 3.36. The molecule has 3 nitrogen and oxygen atoms in total. The minimum atomic E-state index is 0.391. The average Bonchev–Trinajstić information content (AvgIpc) is 3.07. The second-order valence-corrected chi connectivity index (χ2v) is 6.69. The lowest BCUT2D eigenvalue weighted by atomic mass is 10.3. The second-order valence-electron chi connectivity index (χ2n) is 4.62. The molecule has 0 N–H and O–H groups in total. The highest BCUT2D eigenvalue weighted by Crippen LogP contribution is 2.25. The summed E-state index contributed by atoms with van der Waals surface area (Å²) in [6.07, 6.45) is 0.907. The number of rotatable bonds is 5. The van der Waals surface area contributed by atoms with Crippen molar-refractivity contribution in [2.24, 2.45) is 0 Å². The Balaban J connectivity index is 1.94. The Morgan fingerprint density at radius 1 is 1.29 bits per heavy atom. The summed E-state index contributed by atoms with van der Waals surface area (Å²) in [7, 11) is 1.66. The molecule has 0 atom stereocenters. The molecule has 0 saturated carbocycles. The molecule has 6 heteroatoms. The van der Waals surface area contributed by atoms with Crippen LogP contribution in [0.5, 0.6) is 5.75 Å². The van der Waals surface area contributed by atoms with Gasteiger partial charge in [-0.1, -0.05) is 11.6 Å². The van der Waals surface area contributed by atoms with Crippen molar-refractivity contribution in [1.29, 1.82) is 0 Å². The minimum Gasteiger partial charge on any atom is -0.497 e. The second kappa shape index (κ2) is 6.26. The summed E-state index contributed by atoms with van der Waals surface area (Å²) in [6, 6.07) is 9.87. The third-order valence-corrected chi connectivity index (χ3v) is 4.89. The van der Waals surface area contributed by atoms with Crippen molar-refractivity contribution < 1.29 is 4.74 Å². The molecule has 0 amide bonds. The van der Waals surface area contributed by atoms with Gasteiger partial charge < -0.3 is 9.30 Å². The van der Waals surface area contributed by atoms with Gasteiger partial charge in [-0.15, -0.1) is 22.9 Å². The highest BCUT2D eigenvalue weighted by Gasteiger charge is 2.11. The third kappa shape index (κ3) is 3.03. The molecule has 1 aromatic carbocycles. The lowest BCUT2D eigenvalue weighted by molar-refractivity contribution is 0.415. The first kappa shape index (κ1) is 14.7. The van der Waals surface area contributed by atoms with Crippen molar-refractivity contribution in [2.75, 3.05) is 7.11 Å². The van der Waals surface area contributed by atoms with Gasteiger partial charge in [-0.25, -0.2) is 4.98 Å². The number of thiophene rings is 1. The topological polar surface area (TPSA) is 27.1 Å². The molecule has 0 saturated heterocycles. The number of aromatic nitrogens is 2. The highest BCUT2D eigenvalue weighted by atomic mass is 35.5. The molecule has 0 fully saturated rings. The molecule has 0 aliphatic rings. The normalized spacial score (nSPS) is 11.2. The minimum absolute atomic E-state index is 0.391. The maximum atomic E-state index is 6.03. The van der Waals surface area contributed by atoms with Crippen LogP contribution in [0, 0.1) is 0 Å². The summed E-state index contributed by atoms with van der Waals surface area (Å²) in [5.41, 5.74) is 1.99. The van der Waals surface area contributed by atoms with Gasteiger partial charge in [0.15, 0.2) is 0 Å². The molecule has 3 aromatic rings. The number of benzene rings is 1. The number of halogens is 2. The molecular weight excluding hydrogens is 327 g/mol. The molecule has 3 rings (SSSR count). The van der Waals surface area contributed by atoms with Crippen LogP contribution in [0.25, 0.3) is 11.0 Å². The van der Waals surface area contributed by atoms with Gasteiger partial charge >= 0.3 is 0 Å². The summed E-state index contributed by atoms with van der Waals surface area (Å²) in [5.74, 6) is 2.09. The van der Waals surface area contributed by atoms with Crippen LogP contribution in [0.15, 0.2) is 30.3 Å². The number of ether oxygens (including phenoxy) is 1. The van der Waals surface area contributed by atoms with Crippen molar-refractivity contribution >= 4 is 45.6 Å². The van der Waals surface area contributed by atoms with Crippen molar-refractivity contribution in [2.45, 2.75) is 18.8 Å². The van der Waals surface area contributed by atoms with Gasteiger partial charge in [-0.3, -0.25) is 0 Å². The molecule has 0 aliphatic carbocycles. The standard InChI is InChI=1S/C15H14Cl2N2OS/c1-20-10-2-4-12-13(8-10)19(15(9-16)18-12)7-6-11-3-5-14(17)21-11/h2-5,8H,6-7,9H2,1H3. The lowest BCUT2D eigenvalue weighted by Gasteiger charge is -2.07. The fourth-order valence-corrected chi connectivity index (χ4v) is 3.62. The van der Waals surface area contributed by atoms with Gasteiger partial charge in [0.25, 0.3) is 0 Å². The number of hydrogen-bond donors (Lipinski definition) is 0. The van der Waals surface area contributed by atoms with E-state index in [1.54, 1.807) is 18.4 Å². The molecule has 21 heavy (non-hydrogen) atoms. The van der Waals surface area contributed by atoms with E-state index in [9.17, 15) is 0 Å². The largest absolute Gasteiger partial charge is 0.497 e. The molecule has 110 valence electrons. The fraction of sp³-hybridized carbons (Fsp3) is 0.267. The van der Waals surface area contributed by atoms with Crippen LogP contribution in [0.4, 0.5) is 0 Å². The first-order valence-electron chi connectivity index (χ1n) is 6.54. The quantitative estimate of drug-likeness (QED) is 0.627. The van der Waals surface area contributed by atoms with Crippen LogP contribution in [0.3, 0.4) is 0 Å². The first-order valence-corrected chi connectivity index (χ1v) is 8.27. The Bertz CT molecular complexity index is 766. The van der Waals surface area contributed by atoms with Gasteiger partial charge in [0.1, 0.15) is 11.6 Å². The Morgan fingerprint density at radius 3 is 2.81 bits per heavy atom. The molecule has 0 bridgehead atoms. The van der Waals surface area contributed by atoms with E-state index in [0.29, 0.717) is 5.88 Å². The van der Waals surface area contributed by atoms with E-state index in [1.165, 1.54) is 4.88 Å². The van der Waals surface area contributed by atoms with E-state index in [2.05, 4.69) is 15.6 Å².